The number of aromatic nitrogens is 2. The van der Waals surface area contributed by atoms with E-state index < -0.39 is 0 Å². The van der Waals surface area contributed by atoms with Gasteiger partial charge in [-0.1, -0.05) is 78.9 Å². The van der Waals surface area contributed by atoms with E-state index in [9.17, 15) is 4.79 Å². The van der Waals surface area contributed by atoms with Crippen LogP contribution in [-0.2, 0) is 6.67 Å². The van der Waals surface area contributed by atoms with Gasteiger partial charge in [-0.15, -0.1) is 0 Å². The van der Waals surface area contributed by atoms with Crippen LogP contribution in [0.25, 0.3) is 10.8 Å². The summed E-state index contributed by atoms with van der Waals surface area (Å²) in [5, 5.41) is 6.02. The lowest BCUT2D eigenvalue weighted by atomic mass is 9.96. The maximum Gasteiger partial charge on any atom is 0.275 e. The van der Waals surface area contributed by atoms with Crippen molar-refractivity contribution in [3.63, 3.8) is 0 Å². The molecule has 0 bridgehead atoms. The van der Waals surface area contributed by atoms with Gasteiger partial charge in [-0.2, -0.15) is 5.10 Å². The maximum absolute atomic E-state index is 12.8. The maximum atomic E-state index is 12.8. The standard InChI is InChI=1S/C26H26N4O/c31-26-24-14-8-7-13-23(24)19-27-30(26)20-28-15-17-29(18-16-28)25(21-9-3-1-4-10-21)22-11-5-2-6-12-22/h1-14,19,25H,15-18,20H2. The predicted molar refractivity (Wildman–Crippen MR) is 124 cm³/mol. The van der Waals surface area contributed by atoms with Gasteiger partial charge in [0.15, 0.2) is 0 Å². The van der Waals surface area contributed by atoms with E-state index in [4.69, 9.17) is 0 Å². The van der Waals surface area contributed by atoms with Crippen molar-refractivity contribution in [1.29, 1.82) is 0 Å². The van der Waals surface area contributed by atoms with Crippen LogP contribution in [0, 0.1) is 0 Å². The molecule has 5 rings (SSSR count). The molecule has 156 valence electrons. The monoisotopic (exact) mass is 410 g/mol. The number of benzene rings is 3. The van der Waals surface area contributed by atoms with Crippen molar-refractivity contribution in [1.82, 2.24) is 19.6 Å². The summed E-state index contributed by atoms with van der Waals surface area (Å²) < 4.78 is 1.59. The zero-order valence-electron chi connectivity index (χ0n) is 17.5. The number of nitrogens with zero attached hydrogens (tertiary/aromatic N) is 4. The molecule has 1 fully saturated rings. The minimum Gasteiger partial charge on any atom is -0.290 e. The van der Waals surface area contributed by atoms with Gasteiger partial charge in [0.1, 0.15) is 0 Å². The molecule has 0 unspecified atom stereocenters. The third-order valence-corrected chi connectivity index (χ3v) is 6.10. The highest BCUT2D eigenvalue weighted by molar-refractivity contribution is 5.80. The Balaban J connectivity index is 1.32. The summed E-state index contributed by atoms with van der Waals surface area (Å²) in [5.41, 5.74) is 2.61. The Bertz CT molecular complexity index is 1160. The molecule has 5 nitrogen and oxygen atoms in total. The Morgan fingerprint density at radius 2 is 1.32 bits per heavy atom. The van der Waals surface area contributed by atoms with Crippen LogP contribution >= 0.6 is 0 Å². The van der Waals surface area contributed by atoms with Crippen molar-refractivity contribution in [2.75, 3.05) is 26.2 Å². The van der Waals surface area contributed by atoms with E-state index in [1.54, 1.807) is 10.9 Å². The summed E-state index contributed by atoms with van der Waals surface area (Å²) in [6, 6.07) is 29.3. The molecule has 0 aliphatic carbocycles. The largest absolute Gasteiger partial charge is 0.290 e. The summed E-state index contributed by atoms with van der Waals surface area (Å²) in [6.07, 6.45) is 1.79. The molecular formula is C26H26N4O. The average Bonchev–Trinajstić information content (AvgIpc) is 2.84. The second-order valence-corrected chi connectivity index (χ2v) is 8.06. The van der Waals surface area contributed by atoms with Crippen LogP contribution < -0.4 is 5.56 Å². The number of hydrogen-bond acceptors (Lipinski definition) is 4. The fourth-order valence-electron chi connectivity index (χ4n) is 4.47. The molecule has 0 radical (unpaired) electrons. The molecule has 1 aliphatic heterocycles. The SMILES string of the molecule is O=c1c2ccccc2cnn1CN1CCN(C(c2ccccc2)c2ccccc2)CC1. The predicted octanol–water partition coefficient (Wildman–Crippen LogP) is 3.76. The highest BCUT2D eigenvalue weighted by Gasteiger charge is 2.26. The van der Waals surface area contributed by atoms with Crippen LogP contribution in [-0.4, -0.2) is 45.8 Å². The molecule has 0 amide bonds. The van der Waals surface area contributed by atoms with Crippen molar-refractivity contribution < 1.29 is 0 Å². The van der Waals surface area contributed by atoms with E-state index in [1.807, 2.05) is 24.3 Å². The minimum absolute atomic E-state index is 0.0213. The van der Waals surface area contributed by atoms with Crippen LogP contribution in [0.2, 0.25) is 0 Å². The molecule has 31 heavy (non-hydrogen) atoms. The van der Waals surface area contributed by atoms with Crippen LogP contribution in [0.15, 0.2) is 95.9 Å². The smallest absolute Gasteiger partial charge is 0.275 e. The van der Waals surface area contributed by atoms with Crippen molar-refractivity contribution in [2.24, 2.45) is 0 Å². The van der Waals surface area contributed by atoms with Crippen molar-refractivity contribution in [3.8, 4) is 0 Å². The Kier molecular flexibility index (Phi) is 5.61. The number of hydrogen-bond donors (Lipinski definition) is 0. The second-order valence-electron chi connectivity index (χ2n) is 8.06. The first-order chi connectivity index (χ1) is 15.3. The van der Waals surface area contributed by atoms with Crippen molar-refractivity contribution in [3.05, 3.63) is 113 Å². The number of fused-ring (bicyclic) bond motifs is 1. The summed E-state index contributed by atoms with van der Waals surface area (Å²) in [6.45, 7) is 4.21. The molecule has 5 heteroatoms. The lowest BCUT2D eigenvalue weighted by Gasteiger charge is -2.39. The minimum atomic E-state index is -0.0213. The molecule has 0 atom stereocenters. The fraction of sp³-hybridized carbons (Fsp3) is 0.231. The first-order valence-electron chi connectivity index (χ1n) is 10.8. The van der Waals surface area contributed by atoms with Crippen LogP contribution in [0.1, 0.15) is 17.2 Å². The van der Waals surface area contributed by atoms with Gasteiger partial charge < -0.3 is 0 Å². The fourth-order valence-corrected chi connectivity index (χ4v) is 4.47. The third-order valence-electron chi connectivity index (χ3n) is 6.10. The van der Waals surface area contributed by atoms with Gasteiger partial charge in [-0.3, -0.25) is 14.6 Å². The lowest BCUT2D eigenvalue weighted by Crippen LogP contribution is -2.49. The molecule has 0 N–H and O–H groups in total. The van der Waals surface area contributed by atoms with Crippen molar-refractivity contribution in [2.45, 2.75) is 12.7 Å². The Labute approximate surface area is 182 Å². The Morgan fingerprint density at radius 1 is 0.742 bits per heavy atom. The van der Waals surface area contributed by atoms with Crippen molar-refractivity contribution >= 4 is 10.8 Å². The van der Waals surface area contributed by atoms with E-state index in [1.165, 1.54) is 11.1 Å². The quantitative estimate of drug-likeness (QED) is 0.502. The normalized spacial score (nSPS) is 15.5. The summed E-state index contributed by atoms with van der Waals surface area (Å²) in [7, 11) is 0. The molecule has 0 spiro atoms. The molecule has 3 aromatic carbocycles. The lowest BCUT2D eigenvalue weighted by molar-refractivity contribution is 0.0836. The molecule has 2 heterocycles. The molecule has 4 aromatic rings. The molecular weight excluding hydrogens is 384 g/mol. The molecule has 0 saturated carbocycles. The van der Waals surface area contributed by atoms with Crippen LogP contribution in [0.5, 0.6) is 0 Å². The van der Waals surface area contributed by atoms with Gasteiger partial charge in [-0.05, 0) is 17.2 Å². The summed E-state index contributed by atoms with van der Waals surface area (Å²) in [4.78, 5) is 17.7. The Hall–Kier alpha value is -3.28. The van der Waals surface area contributed by atoms with Gasteiger partial charge in [0.25, 0.3) is 5.56 Å². The van der Waals surface area contributed by atoms with Gasteiger partial charge in [0.2, 0.25) is 0 Å². The summed E-state index contributed by atoms with van der Waals surface area (Å²) >= 11 is 0. The Morgan fingerprint density at radius 3 is 1.97 bits per heavy atom. The zero-order chi connectivity index (χ0) is 21.0. The third kappa shape index (κ3) is 4.15. The molecule has 1 aliphatic rings. The zero-order valence-corrected chi connectivity index (χ0v) is 17.5. The highest BCUT2D eigenvalue weighted by Crippen LogP contribution is 2.29. The molecule has 1 aromatic heterocycles. The van der Waals surface area contributed by atoms with E-state index >= 15 is 0 Å². The second kappa shape index (κ2) is 8.84. The van der Waals surface area contributed by atoms with E-state index in [-0.39, 0.29) is 11.6 Å². The average molecular weight is 411 g/mol. The first kappa shape index (κ1) is 19.7. The highest BCUT2D eigenvalue weighted by atomic mass is 16.1. The number of piperazine rings is 1. The van der Waals surface area contributed by atoms with Gasteiger partial charge in [0.05, 0.1) is 24.3 Å². The first-order valence-corrected chi connectivity index (χ1v) is 10.8. The summed E-state index contributed by atoms with van der Waals surface area (Å²) in [5.74, 6) is 0. The van der Waals surface area contributed by atoms with E-state index in [0.29, 0.717) is 6.67 Å². The van der Waals surface area contributed by atoms with Gasteiger partial charge >= 0.3 is 0 Å². The van der Waals surface area contributed by atoms with Gasteiger partial charge in [0, 0.05) is 31.6 Å². The van der Waals surface area contributed by atoms with Crippen LogP contribution in [0.4, 0.5) is 0 Å². The van der Waals surface area contributed by atoms with Crippen LogP contribution in [0.3, 0.4) is 0 Å². The van der Waals surface area contributed by atoms with E-state index in [2.05, 4.69) is 75.6 Å². The van der Waals surface area contributed by atoms with E-state index in [0.717, 1.165) is 37.0 Å². The topological polar surface area (TPSA) is 41.4 Å². The van der Waals surface area contributed by atoms with Gasteiger partial charge in [-0.25, -0.2) is 4.68 Å². The number of rotatable bonds is 5. The molecule has 1 saturated heterocycles.